The molecule has 0 unspecified atom stereocenters. The van der Waals surface area contributed by atoms with Crippen molar-refractivity contribution in [2.45, 2.75) is 0 Å². The maximum atomic E-state index is 12.8. The third kappa shape index (κ3) is 4.68. The number of halogens is 2. The van der Waals surface area contributed by atoms with Crippen LogP contribution in [0.25, 0.3) is 6.20 Å². The van der Waals surface area contributed by atoms with Crippen LogP contribution < -0.4 is 21.9 Å². The number of benzene rings is 1. The van der Waals surface area contributed by atoms with Crippen LogP contribution in [0.4, 0.5) is 10.1 Å². The van der Waals surface area contributed by atoms with E-state index in [-0.39, 0.29) is 24.0 Å². The van der Waals surface area contributed by atoms with E-state index in [0.29, 0.717) is 5.56 Å². The molecule has 0 saturated heterocycles. The Hall–Kier alpha value is -2.20. The van der Waals surface area contributed by atoms with Crippen molar-refractivity contribution in [1.82, 2.24) is 0 Å². The summed E-state index contributed by atoms with van der Waals surface area (Å²) in [5.41, 5.74) is 1.55. The zero-order valence-electron chi connectivity index (χ0n) is 11.8. The van der Waals surface area contributed by atoms with Gasteiger partial charge in [0.2, 0.25) is 0 Å². The summed E-state index contributed by atoms with van der Waals surface area (Å²) in [4.78, 5) is 13.9. The molecule has 0 fully saturated rings. The van der Waals surface area contributed by atoms with Crippen molar-refractivity contribution in [1.29, 1.82) is 0 Å². The Kier molecular flexibility index (Phi) is 6.06. The SMILES string of the molecule is CN(C)c1cc[n+](/C=C/C(=O)c2ccc(F)cc2)cc1.[Cl-]. The van der Waals surface area contributed by atoms with E-state index in [4.69, 9.17) is 0 Å². The highest BCUT2D eigenvalue weighted by Crippen LogP contribution is 2.06. The van der Waals surface area contributed by atoms with Crippen molar-refractivity contribution in [2.24, 2.45) is 0 Å². The van der Waals surface area contributed by atoms with Gasteiger partial charge in [0, 0.05) is 37.5 Å². The van der Waals surface area contributed by atoms with Gasteiger partial charge in [-0.25, -0.2) is 4.39 Å². The van der Waals surface area contributed by atoms with E-state index in [9.17, 15) is 9.18 Å². The van der Waals surface area contributed by atoms with Gasteiger partial charge in [0.05, 0.1) is 6.08 Å². The first-order valence-corrected chi connectivity index (χ1v) is 6.22. The lowest BCUT2D eigenvalue weighted by Gasteiger charge is -2.09. The Balaban J connectivity index is 0.00000220. The van der Waals surface area contributed by atoms with E-state index in [1.54, 1.807) is 10.8 Å². The minimum absolute atomic E-state index is 0. The highest BCUT2D eigenvalue weighted by atomic mass is 35.5. The first kappa shape index (κ1) is 16.9. The zero-order chi connectivity index (χ0) is 14.5. The molecule has 2 rings (SSSR count). The van der Waals surface area contributed by atoms with Crippen LogP contribution in [0.2, 0.25) is 0 Å². The fourth-order valence-electron chi connectivity index (χ4n) is 1.69. The molecule has 0 amide bonds. The van der Waals surface area contributed by atoms with E-state index in [0.717, 1.165) is 5.69 Å². The molecule has 0 atom stereocenters. The Bertz CT molecular complexity index is 622. The molecule has 1 heterocycles. The number of rotatable bonds is 4. The van der Waals surface area contributed by atoms with Gasteiger partial charge in [-0.1, -0.05) is 0 Å². The molecule has 0 aliphatic carbocycles. The van der Waals surface area contributed by atoms with Gasteiger partial charge in [-0.05, 0) is 24.3 Å². The van der Waals surface area contributed by atoms with Crippen LogP contribution in [-0.2, 0) is 0 Å². The number of nitrogens with zero attached hydrogens (tertiary/aromatic N) is 2. The van der Waals surface area contributed by atoms with E-state index in [1.165, 1.54) is 30.3 Å². The first-order valence-electron chi connectivity index (χ1n) is 6.22. The number of allylic oxidation sites excluding steroid dienone is 1. The molecule has 0 spiro atoms. The number of hydrogen-bond donors (Lipinski definition) is 0. The van der Waals surface area contributed by atoms with E-state index < -0.39 is 0 Å². The Morgan fingerprint density at radius 3 is 2.19 bits per heavy atom. The third-order valence-electron chi connectivity index (χ3n) is 2.88. The van der Waals surface area contributed by atoms with Crippen molar-refractivity contribution < 1.29 is 26.2 Å². The smallest absolute Gasteiger partial charge is 0.191 e. The maximum absolute atomic E-state index is 12.8. The van der Waals surface area contributed by atoms with E-state index in [1.807, 2.05) is 43.5 Å². The van der Waals surface area contributed by atoms with Gasteiger partial charge < -0.3 is 17.3 Å². The third-order valence-corrected chi connectivity index (χ3v) is 2.88. The van der Waals surface area contributed by atoms with Crippen LogP contribution in [0.1, 0.15) is 10.4 Å². The zero-order valence-corrected chi connectivity index (χ0v) is 12.6. The first-order chi connectivity index (χ1) is 9.56. The molecule has 5 heteroatoms. The minimum atomic E-state index is -0.348. The molecule has 1 aromatic carbocycles. The Labute approximate surface area is 129 Å². The summed E-state index contributed by atoms with van der Waals surface area (Å²) >= 11 is 0. The lowest BCUT2D eigenvalue weighted by atomic mass is 10.1. The standard InChI is InChI=1S/C16H16FN2O.ClH/c1-18(2)15-7-10-19(11-8-15)12-9-16(20)13-3-5-14(17)6-4-13;/h3-12H,1-2H3;1H/q+1;/p-1/b12-9+;. The Morgan fingerprint density at radius 2 is 1.67 bits per heavy atom. The second-order valence-electron chi connectivity index (χ2n) is 4.58. The van der Waals surface area contributed by atoms with E-state index in [2.05, 4.69) is 0 Å². The highest BCUT2D eigenvalue weighted by Gasteiger charge is 2.04. The van der Waals surface area contributed by atoms with Gasteiger partial charge in [0.25, 0.3) is 0 Å². The Morgan fingerprint density at radius 1 is 1.10 bits per heavy atom. The van der Waals surface area contributed by atoms with Crippen molar-refractivity contribution in [3.05, 3.63) is 66.2 Å². The molecule has 21 heavy (non-hydrogen) atoms. The van der Waals surface area contributed by atoms with Gasteiger partial charge in [-0.2, -0.15) is 4.57 Å². The molecular weight excluding hydrogens is 291 g/mol. The van der Waals surface area contributed by atoms with Crippen LogP contribution >= 0.6 is 0 Å². The summed E-state index contributed by atoms with van der Waals surface area (Å²) in [6.45, 7) is 0. The summed E-state index contributed by atoms with van der Waals surface area (Å²) in [6.07, 6.45) is 6.86. The van der Waals surface area contributed by atoms with Crippen molar-refractivity contribution >= 4 is 17.7 Å². The molecule has 0 radical (unpaired) electrons. The number of anilines is 1. The van der Waals surface area contributed by atoms with Crippen molar-refractivity contribution in [3.8, 4) is 0 Å². The second kappa shape index (κ2) is 7.55. The average molecular weight is 307 g/mol. The van der Waals surface area contributed by atoms with Crippen LogP contribution in [0.15, 0.2) is 54.9 Å². The lowest BCUT2D eigenvalue weighted by molar-refractivity contribution is -0.568. The molecular formula is C16H16ClFN2O. The number of hydrogen-bond acceptors (Lipinski definition) is 2. The predicted octanol–water partition coefficient (Wildman–Crippen LogP) is -0.463. The summed E-state index contributed by atoms with van der Waals surface area (Å²) in [5.74, 6) is -0.506. The fourth-order valence-corrected chi connectivity index (χ4v) is 1.69. The molecule has 0 aliphatic rings. The molecule has 0 aliphatic heterocycles. The van der Waals surface area contributed by atoms with E-state index >= 15 is 0 Å². The second-order valence-corrected chi connectivity index (χ2v) is 4.58. The molecule has 1 aromatic heterocycles. The van der Waals surface area contributed by atoms with Gasteiger partial charge >= 0.3 is 0 Å². The number of carbonyl (C=O) groups is 1. The van der Waals surface area contributed by atoms with Crippen molar-refractivity contribution in [2.75, 3.05) is 19.0 Å². The predicted molar refractivity (Wildman–Crippen MR) is 77.0 cm³/mol. The molecule has 110 valence electrons. The number of aromatic nitrogens is 1. The summed E-state index contributed by atoms with van der Waals surface area (Å²) in [7, 11) is 3.93. The summed E-state index contributed by atoms with van der Waals surface area (Å²) < 4.78 is 14.6. The monoisotopic (exact) mass is 306 g/mol. The quantitative estimate of drug-likeness (QED) is 0.434. The van der Waals surface area contributed by atoms with Crippen molar-refractivity contribution in [3.63, 3.8) is 0 Å². The lowest BCUT2D eigenvalue weighted by Crippen LogP contribution is -3.00. The van der Waals surface area contributed by atoms with Crippen LogP contribution in [0, 0.1) is 5.82 Å². The largest absolute Gasteiger partial charge is 1.00 e. The number of pyridine rings is 1. The number of carbonyl (C=O) groups excluding carboxylic acids is 1. The molecule has 0 N–H and O–H groups in total. The summed E-state index contributed by atoms with van der Waals surface area (Å²) in [5, 5.41) is 0. The fraction of sp³-hybridized carbons (Fsp3) is 0.125. The maximum Gasteiger partial charge on any atom is 0.191 e. The summed E-state index contributed by atoms with van der Waals surface area (Å²) in [6, 6.07) is 9.41. The molecule has 0 bridgehead atoms. The minimum Gasteiger partial charge on any atom is -1.00 e. The van der Waals surface area contributed by atoms with Crippen LogP contribution in [0.5, 0.6) is 0 Å². The number of ketones is 1. The molecule has 2 aromatic rings. The highest BCUT2D eigenvalue weighted by molar-refractivity contribution is 6.05. The van der Waals surface area contributed by atoms with Crippen LogP contribution in [0.3, 0.4) is 0 Å². The average Bonchev–Trinajstić information content (AvgIpc) is 2.46. The van der Waals surface area contributed by atoms with Gasteiger partial charge in [0.15, 0.2) is 24.4 Å². The normalized spacial score (nSPS) is 10.2. The van der Waals surface area contributed by atoms with Gasteiger partial charge in [0.1, 0.15) is 5.82 Å². The molecule has 0 saturated carbocycles. The molecule has 3 nitrogen and oxygen atoms in total. The van der Waals surface area contributed by atoms with Gasteiger partial charge in [-0.15, -0.1) is 0 Å². The topological polar surface area (TPSA) is 24.2 Å². The van der Waals surface area contributed by atoms with Gasteiger partial charge in [-0.3, -0.25) is 4.79 Å². The van der Waals surface area contributed by atoms with Crippen LogP contribution in [-0.4, -0.2) is 19.9 Å².